The maximum absolute atomic E-state index is 12.9. The van der Waals surface area contributed by atoms with Gasteiger partial charge in [-0.1, -0.05) is 0 Å². The number of β-amino-alcohol motifs (C(OH)–C–C–N with tert-alkyl or cyclic N) is 2. The summed E-state index contributed by atoms with van der Waals surface area (Å²) in [6, 6.07) is 11.2. The number of nitrogens with one attached hydrogen (secondary N) is 1. The number of hydrogen-bond donors (Lipinski definition) is 3. The van der Waals surface area contributed by atoms with Crippen molar-refractivity contribution in [3.05, 3.63) is 53.2 Å². The summed E-state index contributed by atoms with van der Waals surface area (Å²) in [5.41, 5.74) is 2.29. The SMILES string of the molecule is Cc1cc2cc(Oc3ccnc4cc(C(=O)N5CC(O)C(O)C5)sc34)ccc2n1C(=O)NC1CC1. The van der Waals surface area contributed by atoms with Gasteiger partial charge in [-0.25, -0.2) is 4.79 Å². The fourth-order valence-electron chi connectivity index (χ4n) is 4.45. The van der Waals surface area contributed by atoms with E-state index >= 15 is 0 Å². The second-order valence-corrected chi connectivity index (χ2v) is 10.2. The Balaban J connectivity index is 1.28. The van der Waals surface area contributed by atoms with Crippen LogP contribution in [-0.4, -0.2) is 67.9 Å². The van der Waals surface area contributed by atoms with E-state index in [0.29, 0.717) is 21.9 Å². The van der Waals surface area contributed by atoms with E-state index in [2.05, 4.69) is 10.3 Å². The maximum Gasteiger partial charge on any atom is 0.326 e. The van der Waals surface area contributed by atoms with Crippen molar-refractivity contribution >= 4 is 44.4 Å². The number of rotatable bonds is 4. The van der Waals surface area contributed by atoms with Gasteiger partial charge >= 0.3 is 6.03 Å². The van der Waals surface area contributed by atoms with Crippen LogP contribution in [0, 0.1) is 6.92 Å². The van der Waals surface area contributed by atoms with Crippen LogP contribution >= 0.6 is 11.3 Å². The Morgan fingerprint density at radius 1 is 1.11 bits per heavy atom. The highest BCUT2D eigenvalue weighted by atomic mass is 32.1. The van der Waals surface area contributed by atoms with Gasteiger partial charge in [-0.05, 0) is 50.1 Å². The highest BCUT2D eigenvalue weighted by Gasteiger charge is 2.33. The zero-order valence-corrected chi connectivity index (χ0v) is 19.8. The lowest BCUT2D eigenvalue weighted by Crippen LogP contribution is -2.30. The minimum Gasteiger partial charge on any atom is -0.456 e. The molecule has 1 aromatic carbocycles. The number of aliphatic hydroxyl groups excluding tert-OH is 2. The number of carbonyl (C=O) groups excluding carboxylic acids is 2. The van der Waals surface area contributed by atoms with E-state index in [0.717, 1.165) is 34.1 Å². The van der Waals surface area contributed by atoms with Crippen LogP contribution in [0.3, 0.4) is 0 Å². The number of pyridine rings is 1. The standard InChI is InChI=1S/C25H24N4O5S/c1-13-8-14-9-16(4-5-18(14)29(13)25(33)27-15-2-3-15)34-21-6-7-26-17-10-22(35-23(17)21)24(32)28-11-19(30)20(31)12-28/h4-10,15,19-20,30-31H,2-3,11-12H2,1H3,(H,27,33). The summed E-state index contributed by atoms with van der Waals surface area (Å²) in [7, 11) is 0. The molecule has 2 aliphatic rings. The fourth-order valence-corrected chi connectivity index (χ4v) is 5.48. The number of thiophene rings is 1. The van der Waals surface area contributed by atoms with Crippen molar-refractivity contribution < 1.29 is 24.5 Å². The van der Waals surface area contributed by atoms with E-state index < -0.39 is 12.2 Å². The maximum atomic E-state index is 12.9. The summed E-state index contributed by atoms with van der Waals surface area (Å²) in [6.45, 7) is 2.10. The molecule has 2 fully saturated rings. The molecular formula is C25H24N4O5S. The number of ether oxygens (including phenoxy) is 1. The molecule has 1 aliphatic carbocycles. The first-order valence-electron chi connectivity index (χ1n) is 11.5. The van der Waals surface area contributed by atoms with Gasteiger partial charge in [-0.3, -0.25) is 14.3 Å². The lowest BCUT2D eigenvalue weighted by Gasteiger charge is -2.13. The highest BCUT2D eigenvalue weighted by Crippen LogP contribution is 2.36. The molecule has 1 saturated heterocycles. The summed E-state index contributed by atoms with van der Waals surface area (Å²) in [5.74, 6) is 0.927. The first-order valence-corrected chi connectivity index (χ1v) is 12.3. The van der Waals surface area contributed by atoms with Crippen LogP contribution in [0.25, 0.3) is 21.1 Å². The molecule has 0 radical (unpaired) electrons. The Morgan fingerprint density at radius 3 is 2.63 bits per heavy atom. The van der Waals surface area contributed by atoms with E-state index in [4.69, 9.17) is 4.74 Å². The van der Waals surface area contributed by atoms with Gasteiger partial charge in [-0.15, -0.1) is 11.3 Å². The molecule has 4 aromatic rings. The van der Waals surface area contributed by atoms with Gasteiger partial charge in [0.15, 0.2) is 0 Å². The van der Waals surface area contributed by atoms with E-state index in [1.807, 2.05) is 31.2 Å². The largest absolute Gasteiger partial charge is 0.456 e. The second-order valence-electron chi connectivity index (χ2n) is 9.15. The van der Waals surface area contributed by atoms with Gasteiger partial charge in [0.25, 0.3) is 5.91 Å². The Hall–Kier alpha value is -3.47. The van der Waals surface area contributed by atoms with Crippen LogP contribution in [0.1, 0.15) is 28.2 Å². The molecule has 0 bridgehead atoms. The molecule has 0 spiro atoms. The normalized spacial score (nSPS) is 20.0. The number of benzene rings is 1. The zero-order chi connectivity index (χ0) is 24.3. The van der Waals surface area contributed by atoms with Crippen LogP contribution in [0.15, 0.2) is 42.6 Å². The highest BCUT2D eigenvalue weighted by molar-refractivity contribution is 7.21. The molecule has 1 saturated carbocycles. The third-order valence-corrected chi connectivity index (χ3v) is 7.55. The quantitative estimate of drug-likeness (QED) is 0.403. The van der Waals surface area contributed by atoms with E-state index in [1.165, 1.54) is 16.2 Å². The van der Waals surface area contributed by atoms with Crippen molar-refractivity contribution in [2.45, 2.75) is 38.0 Å². The zero-order valence-electron chi connectivity index (χ0n) is 19.0. The Morgan fingerprint density at radius 2 is 1.89 bits per heavy atom. The molecule has 2 amide bonds. The number of aryl methyl sites for hydroxylation is 1. The predicted octanol–water partition coefficient (Wildman–Crippen LogP) is 3.25. The molecule has 2 unspecified atom stereocenters. The molecule has 35 heavy (non-hydrogen) atoms. The number of aromatic nitrogens is 2. The summed E-state index contributed by atoms with van der Waals surface area (Å²) >= 11 is 1.27. The average Bonchev–Trinajstić information content (AvgIpc) is 3.27. The summed E-state index contributed by atoms with van der Waals surface area (Å²) in [6.07, 6.45) is 1.82. The van der Waals surface area contributed by atoms with Crippen LogP contribution in [0.4, 0.5) is 4.79 Å². The van der Waals surface area contributed by atoms with Gasteiger partial charge in [0.1, 0.15) is 11.5 Å². The Kier molecular flexibility index (Phi) is 5.24. The van der Waals surface area contributed by atoms with Crippen LogP contribution in [-0.2, 0) is 0 Å². The third-order valence-electron chi connectivity index (χ3n) is 6.43. The molecule has 6 rings (SSSR count). The van der Waals surface area contributed by atoms with Crippen LogP contribution in [0.5, 0.6) is 11.5 Å². The first kappa shape index (κ1) is 22.0. The number of carbonyl (C=O) groups is 2. The summed E-state index contributed by atoms with van der Waals surface area (Å²) < 4.78 is 8.61. The number of likely N-dealkylation sites (tertiary alicyclic amines) is 1. The van der Waals surface area contributed by atoms with Crippen molar-refractivity contribution in [3.63, 3.8) is 0 Å². The monoisotopic (exact) mass is 492 g/mol. The number of hydrogen-bond acceptors (Lipinski definition) is 7. The van der Waals surface area contributed by atoms with E-state index in [-0.39, 0.29) is 31.1 Å². The van der Waals surface area contributed by atoms with Gasteiger partial charge in [-0.2, -0.15) is 0 Å². The first-order chi connectivity index (χ1) is 16.9. The average molecular weight is 493 g/mol. The minimum absolute atomic E-state index is 0.1000. The van der Waals surface area contributed by atoms with E-state index in [1.54, 1.807) is 22.9 Å². The third kappa shape index (κ3) is 4.03. The molecule has 9 nitrogen and oxygen atoms in total. The predicted molar refractivity (Wildman–Crippen MR) is 131 cm³/mol. The smallest absolute Gasteiger partial charge is 0.326 e. The van der Waals surface area contributed by atoms with E-state index in [9.17, 15) is 19.8 Å². The molecule has 3 N–H and O–H groups in total. The van der Waals surface area contributed by atoms with Crippen molar-refractivity contribution in [2.24, 2.45) is 0 Å². The summed E-state index contributed by atoms with van der Waals surface area (Å²) in [4.78, 5) is 31.8. The van der Waals surface area contributed by atoms with Crippen molar-refractivity contribution in [2.75, 3.05) is 13.1 Å². The fraction of sp³-hybridized carbons (Fsp3) is 0.320. The molecule has 1 aliphatic heterocycles. The van der Waals surface area contributed by atoms with Crippen molar-refractivity contribution in [1.82, 2.24) is 19.8 Å². The number of amides is 2. The molecule has 180 valence electrons. The lowest BCUT2D eigenvalue weighted by molar-refractivity contribution is 0.0572. The number of nitrogens with zero attached hydrogens (tertiary/aromatic N) is 3. The number of fused-ring (bicyclic) bond motifs is 2. The van der Waals surface area contributed by atoms with Crippen molar-refractivity contribution in [1.29, 1.82) is 0 Å². The molecule has 10 heteroatoms. The Bertz CT molecular complexity index is 1460. The molecular weight excluding hydrogens is 468 g/mol. The summed E-state index contributed by atoms with van der Waals surface area (Å²) in [5, 5.41) is 23.5. The Labute approximate surface area is 204 Å². The van der Waals surface area contributed by atoms with Crippen LogP contribution in [0.2, 0.25) is 0 Å². The minimum atomic E-state index is -0.932. The topological polar surface area (TPSA) is 117 Å². The molecule has 4 heterocycles. The second kappa shape index (κ2) is 8.33. The van der Waals surface area contributed by atoms with Gasteiger partial charge in [0, 0.05) is 42.5 Å². The molecule has 2 atom stereocenters. The van der Waals surface area contributed by atoms with Gasteiger partial charge < -0.3 is 25.2 Å². The molecule has 3 aromatic heterocycles. The van der Waals surface area contributed by atoms with Gasteiger partial charge in [0.05, 0.1) is 32.8 Å². The lowest BCUT2D eigenvalue weighted by atomic mass is 10.2. The van der Waals surface area contributed by atoms with Crippen LogP contribution < -0.4 is 10.1 Å². The number of aliphatic hydroxyl groups is 2. The van der Waals surface area contributed by atoms with Gasteiger partial charge in [0.2, 0.25) is 0 Å². The van der Waals surface area contributed by atoms with Crippen molar-refractivity contribution in [3.8, 4) is 11.5 Å².